The Bertz CT molecular complexity index is 1400. The molecular formula is C20H17F3N4O6S. The quantitative estimate of drug-likeness (QED) is 0.390. The number of rotatable bonds is 8. The molecule has 180 valence electrons. The molecule has 0 saturated heterocycles. The summed E-state index contributed by atoms with van der Waals surface area (Å²) in [5.74, 6) is -1.30. The number of hydrogen-bond donors (Lipinski definition) is 1. The summed E-state index contributed by atoms with van der Waals surface area (Å²) in [6.07, 6.45) is -1.93. The van der Waals surface area contributed by atoms with Crippen LogP contribution in [0.3, 0.4) is 0 Å². The highest BCUT2D eigenvalue weighted by atomic mass is 32.2. The Hall–Kier alpha value is -3.94. The third kappa shape index (κ3) is 4.71. The largest absolute Gasteiger partial charge is 0.573 e. The molecule has 0 fully saturated rings. The summed E-state index contributed by atoms with van der Waals surface area (Å²) in [5, 5.41) is 7.32. The predicted molar refractivity (Wildman–Crippen MR) is 112 cm³/mol. The summed E-state index contributed by atoms with van der Waals surface area (Å²) in [5.41, 5.74) is 0.223. The average molecular weight is 498 g/mol. The Morgan fingerprint density at radius 2 is 1.79 bits per heavy atom. The Labute approximate surface area is 190 Å². The molecule has 0 radical (unpaired) electrons. The lowest BCUT2D eigenvalue weighted by atomic mass is 10.1. The highest BCUT2D eigenvalue weighted by molar-refractivity contribution is 7.93. The number of nitrogens with zero attached hydrogens (tertiary/aromatic N) is 3. The minimum absolute atomic E-state index is 0.0482. The number of anilines is 1. The first-order valence-corrected chi connectivity index (χ1v) is 11.0. The number of methoxy groups -OCH3 is 2. The van der Waals surface area contributed by atoms with Crippen molar-refractivity contribution in [2.24, 2.45) is 0 Å². The molecular weight excluding hydrogens is 481 g/mol. The fraction of sp³-hybridized carbons (Fsp3) is 0.200. The van der Waals surface area contributed by atoms with Crippen LogP contribution in [-0.2, 0) is 16.6 Å². The van der Waals surface area contributed by atoms with Crippen LogP contribution in [0.5, 0.6) is 17.2 Å². The molecule has 2 heterocycles. The van der Waals surface area contributed by atoms with Crippen molar-refractivity contribution in [1.82, 2.24) is 14.9 Å². The summed E-state index contributed by atoms with van der Waals surface area (Å²) >= 11 is 0. The van der Waals surface area contributed by atoms with E-state index in [0.717, 1.165) is 6.07 Å². The normalized spacial score (nSPS) is 12.0. The van der Waals surface area contributed by atoms with E-state index in [9.17, 15) is 21.6 Å². The molecule has 2 aromatic heterocycles. The zero-order valence-corrected chi connectivity index (χ0v) is 18.5. The van der Waals surface area contributed by atoms with Crippen molar-refractivity contribution >= 4 is 26.8 Å². The van der Waals surface area contributed by atoms with E-state index in [2.05, 4.69) is 19.7 Å². The van der Waals surface area contributed by atoms with Crippen LogP contribution in [0.1, 0.15) is 5.56 Å². The Balaban J connectivity index is 1.81. The van der Waals surface area contributed by atoms with E-state index in [-0.39, 0.29) is 33.9 Å². The van der Waals surface area contributed by atoms with Gasteiger partial charge in [-0.25, -0.2) is 8.42 Å². The molecule has 14 heteroatoms. The van der Waals surface area contributed by atoms with E-state index in [4.69, 9.17) is 14.0 Å². The van der Waals surface area contributed by atoms with Gasteiger partial charge in [-0.3, -0.25) is 9.40 Å². The van der Waals surface area contributed by atoms with E-state index in [1.807, 2.05) is 0 Å². The number of fused-ring (bicyclic) bond motifs is 1. The lowest BCUT2D eigenvalue weighted by Gasteiger charge is -2.15. The zero-order valence-electron chi connectivity index (χ0n) is 17.7. The lowest BCUT2D eigenvalue weighted by molar-refractivity contribution is -0.274. The standard InChI is InChI=1S/C20H17F3N4O6S/c1-30-13-5-3-6-14(31-2)18(13)34(28,29)26-19-17-15(32-20(21,22)23)9-12(10-16(17)33-25-19)11-27-8-4-7-24-27/h3-10H,11H2,1-2H3,(H,25,26). The summed E-state index contributed by atoms with van der Waals surface area (Å²) in [7, 11) is -1.93. The number of halogens is 3. The second-order valence-electron chi connectivity index (χ2n) is 6.85. The minimum Gasteiger partial charge on any atom is -0.495 e. The van der Waals surface area contributed by atoms with Crippen molar-refractivity contribution in [2.75, 3.05) is 18.9 Å². The van der Waals surface area contributed by atoms with E-state index in [0.29, 0.717) is 5.56 Å². The third-order valence-electron chi connectivity index (χ3n) is 4.61. The number of ether oxygens (including phenoxy) is 3. The van der Waals surface area contributed by atoms with E-state index in [1.54, 1.807) is 12.3 Å². The van der Waals surface area contributed by atoms with Crippen LogP contribution < -0.4 is 18.9 Å². The van der Waals surface area contributed by atoms with Crippen molar-refractivity contribution in [3.05, 3.63) is 54.4 Å². The van der Waals surface area contributed by atoms with Crippen molar-refractivity contribution in [3.8, 4) is 17.2 Å². The summed E-state index contributed by atoms with van der Waals surface area (Å²) in [6.45, 7) is 0.108. The van der Waals surface area contributed by atoms with Gasteiger partial charge in [-0.05, 0) is 35.9 Å². The monoisotopic (exact) mass is 498 g/mol. The molecule has 0 aliphatic carbocycles. The number of alkyl halides is 3. The topological polar surface area (TPSA) is 118 Å². The molecule has 4 rings (SSSR count). The van der Waals surface area contributed by atoms with Gasteiger partial charge in [0.05, 0.1) is 20.8 Å². The van der Waals surface area contributed by atoms with Crippen LogP contribution >= 0.6 is 0 Å². The Morgan fingerprint density at radius 1 is 1.09 bits per heavy atom. The number of benzene rings is 2. The molecule has 2 aromatic carbocycles. The average Bonchev–Trinajstić information content (AvgIpc) is 3.42. The minimum atomic E-state index is -5.06. The number of hydrogen-bond acceptors (Lipinski definition) is 8. The fourth-order valence-corrected chi connectivity index (χ4v) is 4.63. The molecule has 34 heavy (non-hydrogen) atoms. The molecule has 0 amide bonds. The molecule has 0 aliphatic rings. The molecule has 0 saturated carbocycles. The molecule has 0 bridgehead atoms. The molecule has 4 aromatic rings. The van der Waals surface area contributed by atoms with Crippen molar-refractivity contribution in [1.29, 1.82) is 0 Å². The second kappa shape index (κ2) is 8.78. The summed E-state index contributed by atoms with van der Waals surface area (Å²) in [4.78, 5) is -0.371. The Kier molecular flexibility index (Phi) is 6.00. The molecule has 0 unspecified atom stereocenters. The fourth-order valence-electron chi connectivity index (χ4n) is 3.30. The van der Waals surface area contributed by atoms with Gasteiger partial charge in [0.25, 0.3) is 10.0 Å². The number of sulfonamides is 1. The maximum Gasteiger partial charge on any atom is 0.573 e. The lowest BCUT2D eigenvalue weighted by Crippen LogP contribution is -2.18. The van der Waals surface area contributed by atoms with Gasteiger partial charge < -0.3 is 18.7 Å². The van der Waals surface area contributed by atoms with Crippen LogP contribution in [-0.4, -0.2) is 43.9 Å². The highest BCUT2D eigenvalue weighted by Crippen LogP contribution is 2.39. The van der Waals surface area contributed by atoms with Crippen LogP contribution in [0.2, 0.25) is 0 Å². The maximum absolute atomic E-state index is 13.2. The maximum atomic E-state index is 13.2. The SMILES string of the molecule is COc1cccc(OC)c1S(=O)(=O)Nc1noc2cc(Cn3cccn3)cc(OC(F)(F)F)c12. The molecule has 0 aliphatic heterocycles. The van der Waals surface area contributed by atoms with E-state index >= 15 is 0 Å². The molecule has 1 N–H and O–H groups in total. The van der Waals surface area contributed by atoms with Crippen LogP contribution in [0.15, 0.2) is 58.2 Å². The zero-order chi connectivity index (χ0) is 24.5. The van der Waals surface area contributed by atoms with Crippen LogP contribution in [0, 0.1) is 0 Å². The molecule has 10 nitrogen and oxygen atoms in total. The summed E-state index contributed by atoms with van der Waals surface area (Å²) < 4.78 is 88.9. The predicted octanol–water partition coefficient (Wildman–Crippen LogP) is 3.79. The number of aromatic nitrogens is 3. The van der Waals surface area contributed by atoms with Gasteiger partial charge >= 0.3 is 6.36 Å². The first-order valence-electron chi connectivity index (χ1n) is 9.50. The van der Waals surface area contributed by atoms with Gasteiger partial charge in [-0.15, -0.1) is 13.2 Å². The van der Waals surface area contributed by atoms with Gasteiger partial charge in [-0.2, -0.15) is 5.10 Å². The van der Waals surface area contributed by atoms with Crippen molar-refractivity contribution in [3.63, 3.8) is 0 Å². The van der Waals surface area contributed by atoms with Crippen LogP contribution in [0.25, 0.3) is 11.0 Å². The smallest absolute Gasteiger partial charge is 0.495 e. The van der Waals surface area contributed by atoms with Crippen LogP contribution in [0.4, 0.5) is 19.0 Å². The van der Waals surface area contributed by atoms with E-state index in [1.165, 1.54) is 49.4 Å². The van der Waals surface area contributed by atoms with Gasteiger partial charge in [0.1, 0.15) is 22.6 Å². The second-order valence-corrected chi connectivity index (χ2v) is 8.47. The highest BCUT2D eigenvalue weighted by Gasteiger charge is 2.34. The van der Waals surface area contributed by atoms with Crippen molar-refractivity contribution in [2.45, 2.75) is 17.8 Å². The molecule has 0 atom stereocenters. The Morgan fingerprint density at radius 3 is 2.38 bits per heavy atom. The summed E-state index contributed by atoms with van der Waals surface area (Å²) in [6, 6.07) is 8.46. The van der Waals surface area contributed by atoms with Gasteiger partial charge in [0, 0.05) is 12.4 Å². The number of nitrogens with one attached hydrogen (secondary N) is 1. The van der Waals surface area contributed by atoms with E-state index < -0.39 is 28.0 Å². The molecule has 0 spiro atoms. The van der Waals surface area contributed by atoms with Gasteiger partial charge in [-0.1, -0.05) is 11.2 Å². The first-order chi connectivity index (χ1) is 16.1. The van der Waals surface area contributed by atoms with Gasteiger partial charge in [0.2, 0.25) is 0 Å². The van der Waals surface area contributed by atoms with Gasteiger partial charge in [0.15, 0.2) is 16.3 Å². The first kappa shape index (κ1) is 23.2. The van der Waals surface area contributed by atoms with Crippen molar-refractivity contribution < 1.29 is 40.3 Å². The third-order valence-corrected chi connectivity index (χ3v) is 6.01.